The monoisotopic (exact) mass is 295 g/mol. The number of aryl methyl sites for hydroxylation is 1. The topological polar surface area (TPSA) is 38.3 Å². The van der Waals surface area contributed by atoms with E-state index in [9.17, 15) is 18.0 Å². The van der Waals surface area contributed by atoms with Crippen LogP contribution in [0.3, 0.4) is 0 Å². The van der Waals surface area contributed by atoms with E-state index in [0.29, 0.717) is 16.8 Å². The van der Waals surface area contributed by atoms with Gasteiger partial charge in [-0.15, -0.1) is 0 Å². The third-order valence-corrected chi connectivity index (χ3v) is 2.75. The molecule has 0 unspecified atom stereocenters. The summed E-state index contributed by atoms with van der Waals surface area (Å²) in [6.45, 7) is -1.33. The summed E-state index contributed by atoms with van der Waals surface area (Å²) in [5.41, 5.74) is 1.09. The Morgan fingerprint density at radius 1 is 1.19 bits per heavy atom. The number of amides is 1. The highest BCUT2D eigenvalue weighted by Gasteiger charge is 2.11. The van der Waals surface area contributed by atoms with Gasteiger partial charge < -0.3 is 10.1 Å². The number of hydrogen-bond donors (Lipinski definition) is 1. The highest BCUT2D eigenvalue weighted by Crippen LogP contribution is 2.20. The molecule has 110 valence electrons. The molecular weight excluding hydrogens is 283 g/mol. The van der Waals surface area contributed by atoms with E-state index in [0.717, 1.165) is 0 Å². The fraction of sp³-hybridized carbons (Fsp3) is 0.133. The standard InChI is InChI=1S/C15H12F3NO2/c1-9-7-10(16)5-6-13(9)14(20)19-11-3-2-4-12(8-11)21-15(17)18/h2-8,15H,1H3,(H,19,20). The normalized spacial score (nSPS) is 10.5. The average molecular weight is 295 g/mol. The van der Waals surface area contributed by atoms with Crippen LogP contribution in [0.15, 0.2) is 42.5 Å². The van der Waals surface area contributed by atoms with E-state index >= 15 is 0 Å². The fourth-order valence-electron chi connectivity index (χ4n) is 1.83. The Kier molecular flexibility index (Phi) is 4.47. The molecule has 0 aromatic heterocycles. The van der Waals surface area contributed by atoms with E-state index < -0.39 is 18.3 Å². The summed E-state index contributed by atoms with van der Waals surface area (Å²) in [6.07, 6.45) is 0. The van der Waals surface area contributed by atoms with Crippen LogP contribution in [0.2, 0.25) is 0 Å². The molecule has 0 aliphatic heterocycles. The predicted molar refractivity (Wildman–Crippen MR) is 72.2 cm³/mol. The lowest BCUT2D eigenvalue weighted by molar-refractivity contribution is -0.0497. The van der Waals surface area contributed by atoms with Crippen molar-refractivity contribution in [2.24, 2.45) is 0 Å². The van der Waals surface area contributed by atoms with Gasteiger partial charge in [-0.2, -0.15) is 8.78 Å². The van der Waals surface area contributed by atoms with Gasteiger partial charge in [-0.1, -0.05) is 6.07 Å². The molecule has 0 saturated carbocycles. The third-order valence-electron chi connectivity index (χ3n) is 2.75. The minimum atomic E-state index is -2.93. The number of carbonyl (C=O) groups is 1. The molecule has 0 saturated heterocycles. The van der Waals surface area contributed by atoms with Gasteiger partial charge in [0.05, 0.1) is 0 Å². The maximum absolute atomic E-state index is 13.0. The Labute approximate surface area is 119 Å². The average Bonchev–Trinajstić information content (AvgIpc) is 2.37. The van der Waals surface area contributed by atoms with Gasteiger partial charge in [0.2, 0.25) is 0 Å². The molecule has 0 heterocycles. The lowest BCUT2D eigenvalue weighted by Gasteiger charge is -2.09. The molecule has 0 atom stereocenters. The van der Waals surface area contributed by atoms with Crippen molar-refractivity contribution >= 4 is 11.6 Å². The number of benzene rings is 2. The van der Waals surface area contributed by atoms with Crippen molar-refractivity contribution in [3.05, 3.63) is 59.4 Å². The molecule has 0 aliphatic rings. The SMILES string of the molecule is Cc1cc(F)ccc1C(=O)Nc1cccc(OC(F)F)c1. The number of rotatable bonds is 4. The van der Waals surface area contributed by atoms with E-state index in [-0.39, 0.29) is 5.75 Å². The molecule has 1 amide bonds. The van der Waals surface area contributed by atoms with E-state index in [2.05, 4.69) is 10.1 Å². The van der Waals surface area contributed by atoms with Crippen molar-refractivity contribution in [1.29, 1.82) is 0 Å². The second-order valence-corrected chi connectivity index (χ2v) is 4.32. The number of ether oxygens (including phenoxy) is 1. The Morgan fingerprint density at radius 2 is 1.95 bits per heavy atom. The lowest BCUT2D eigenvalue weighted by atomic mass is 10.1. The van der Waals surface area contributed by atoms with Crippen molar-refractivity contribution in [3.63, 3.8) is 0 Å². The maximum Gasteiger partial charge on any atom is 0.387 e. The molecule has 6 heteroatoms. The maximum atomic E-state index is 13.0. The fourth-order valence-corrected chi connectivity index (χ4v) is 1.83. The van der Waals surface area contributed by atoms with Crippen LogP contribution in [0.1, 0.15) is 15.9 Å². The van der Waals surface area contributed by atoms with Crippen LogP contribution in [-0.4, -0.2) is 12.5 Å². The highest BCUT2D eigenvalue weighted by molar-refractivity contribution is 6.05. The van der Waals surface area contributed by atoms with Gasteiger partial charge in [-0.05, 0) is 42.8 Å². The number of alkyl halides is 2. The first-order valence-electron chi connectivity index (χ1n) is 6.08. The van der Waals surface area contributed by atoms with Crippen LogP contribution in [0.25, 0.3) is 0 Å². The molecule has 1 N–H and O–H groups in total. The van der Waals surface area contributed by atoms with Gasteiger partial charge >= 0.3 is 6.61 Å². The summed E-state index contributed by atoms with van der Waals surface area (Å²) in [6, 6.07) is 9.43. The number of anilines is 1. The molecular formula is C15H12F3NO2. The summed E-state index contributed by atoms with van der Waals surface area (Å²) in [5.74, 6) is -0.947. The van der Waals surface area contributed by atoms with Gasteiger partial charge in [0.25, 0.3) is 5.91 Å². The molecule has 0 spiro atoms. The summed E-state index contributed by atoms with van der Waals surface area (Å²) in [7, 11) is 0. The van der Waals surface area contributed by atoms with E-state index in [1.807, 2.05) is 0 Å². The van der Waals surface area contributed by atoms with Gasteiger partial charge in [0.1, 0.15) is 11.6 Å². The van der Waals surface area contributed by atoms with Gasteiger partial charge in [-0.25, -0.2) is 4.39 Å². The number of hydrogen-bond acceptors (Lipinski definition) is 2. The Hall–Kier alpha value is -2.50. The number of nitrogens with one attached hydrogen (secondary N) is 1. The van der Waals surface area contributed by atoms with Crippen LogP contribution in [0.5, 0.6) is 5.75 Å². The minimum absolute atomic E-state index is 0.0568. The molecule has 0 radical (unpaired) electrons. The molecule has 0 bridgehead atoms. The predicted octanol–water partition coefficient (Wildman–Crippen LogP) is 3.99. The quantitative estimate of drug-likeness (QED) is 0.926. The number of carbonyl (C=O) groups excluding carboxylic acids is 1. The zero-order valence-corrected chi connectivity index (χ0v) is 11.1. The highest BCUT2D eigenvalue weighted by atomic mass is 19.3. The smallest absolute Gasteiger partial charge is 0.387 e. The molecule has 0 aliphatic carbocycles. The summed E-state index contributed by atoms with van der Waals surface area (Å²) >= 11 is 0. The first kappa shape index (κ1) is 14.9. The summed E-state index contributed by atoms with van der Waals surface area (Å²) in [4.78, 5) is 12.1. The molecule has 2 aromatic rings. The van der Waals surface area contributed by atoms with Crippen molar-refractivity contribution < 1.29 is 22.7 Å². The van der Waals surface area contributed by atoms with Crippen molar-refractivity contribution in [1.82, 2.24) is 0 Å². The van der Waals surface area contributed by atoms with Crippen LogP contribution in [-0.2, 0) is 0 Å². The molecule has 3 nitrogen and oxygen atoms in total. The second kappa shape index (κ2) is 6.30. The van der Waals surface area contributed by atoms with Crippen molar-refractivity contribution in [3.8, 4) is 5.75 Å². The van der Waals surface area contributed by atoms with Crippen LogP contribution >= 0.6 is 0 Å². The van der Waals surface area contributed by atoms with Gasteiger partial charge in [0, 0.05) is 17.3 Å². The molecule has 21 heavy (non-hydrogen) atoms. The Morgan fingerprint density at radius 3 is 2.62 bits per heavy atom. The second-order valence-electron chi connectivity index (χ2n) is 4.32. The minimum Gasteiger partial charge on any atom is -0.435 e. The largest absolute Gasteiger partial charge is 0.435 e. The van der Waals surface area contributed by atoms with Crippen LogP contribution < -0.4 is 10.1 Å². The summed E-state index contributed by atoms with van der Waals surface area (Å²) < 4.78 is 41.5. The lowest BCUT2D eigenvalue weighted by Crippen LogP contribution is -2.13. The van der Waals surface area contributed by atoms with Crippen LogP contribution in [0.4, 0.5) is 18.9 Å². The zero-order chi connectivity index (χ0) is 15.4. The van der Waals surface area contributed by atoms with Crippen LogP contribution in [0, 0.1) is 12.7 Å². The Balaban J connectivity index is 2.15. The first-order valence-corrected chi connectivity index (χ1v) is 6.08. The molecule has 2 aromatic carbocycles. The van der Waals surface area contributed by atoms with E-state index in [4.69, 9.17) is 0 Å². The number of halogens is 3. The van der Waals surface area contributed by atoms with Crippen molar-refractivity contribution in [2.45, 2.75) is 13.5 Å². The molecule has 0 fully saturated rings. The third kappa shape index (κ3) is 3.98. The molecule has 2 rings (SSSR count). The van der Waals surface area contributed by atoms with Gasteiger partial charge in [0.15, 0.2) is 0 Å². The van der Waals surface area contributed by atoms with Crippen molar-refractivity contribution in [2.75, 3.05) is 5.32 Å². The van der Waals surface area contributed by atoms with E-state index in [1.54, 1.807) is 6.92 Å². The van der Waals surface area contributed by atoms with Gasteiger partial charge in [-0.3, -0.25) is 4.79 Å². The summed E-state index contributed by atoms with van der Waals surface area (Å²) in [5, 5.41) is 2.55. The first-order chi connectivity index (χ1) is 9.95. The zero-order valence-electron chi connectivity index (χ0n) is 11.1. The van der Waals surface area contributed by atoms with E-state index in [1.165, 1.54) is 42.5 Å². The Bertz CT molecular complexity index is 659.